The molecule has 1 amide bonds. The van der Waals surface area contributed by atoms with E-state index < -0.39 is 0 Å². The maximum atomic E-state index is 11.5. The molecule has 1 rings (SSSR count). The minimum atomic E-state index is -0.0869. The number of nitrogens with one attached hydrogen (secondary N) is 2. The van der Waals surface area contributed by atoms with E-state index in [1.54, 1.807) is 19.2 Å². The molecule has 0 spiro atoms. The maximum Gasteiger partial charge on any atom is 0.225 e. The van der Waals surface area contributed by atoms with Crippen molar-refractivity contribution >= 4 is 34.8 Å². The van der Waals surface area contributed by atoms with E-state index in [1.807, 2.05) is 6.92 Å². The number of amides is 1. The van der Waals surface area contributed by atoms with Gasteiger partial charge in [0.1, 0.15) is 0 Å². The van der Waals surface area contributed by atoms with E-state index in [1.165, 1.54) is 0 Å². The van der Waals surface area contributed by atoms with Crippen LogP contribution in [0, 0.1) is 6.92 Å². The maximum absolute atomic E-state index is 11.5. The molecule has 0 unspecified atom stereocenters. The fourth-order valence-corrected chi connectivity index (χ4v) is 1.62. The van der Waals surface area contributed by atoms with Gasteiger partial charge in [-0.2, -0.15) is 0 Å². The Hall–Kier alpha value is -0.770. The predicted molar refractivity (Wildman–Crippen MR) is 68.4 cm³/mol. The van der Waals surface area contributed by atoms with Crippen molar-refractivity contribution in [3.63, 3.8) is 0 Å². The van der Waals surface area contributed by atoms with Crippen molar-refractivity contribution in [3.8, 4) is 0 Å². The second-order valence-corrected chi connectivity index (χ2v) is 4.30. The molecule has 0 aliphatic carbocycles. The molecule has 0 fully saturated rings. The van der Waals surface area contributed by atoms with Gasteiger partial charge in [0.2, 0.25) is 5.91 Å². The van der Waals surface area contributed by atoms with Crippen molar-refractivity contribution in [2.24, 2.45) is 0 Å². The topological polar surface area (TPSA) is 41.1 Å². The lowest BCUT2D eigenvalue weighted by molar-refractivity contribution is -0.116. The highest BCUT2D eigenvalue weighted by Crippen LogP contribution is 2.28. The quantitative estimate of drug-likeness (QED) is 0.875. The second kappa shape index (κ2) is 6.09. The van der Waals surface area contributed by atoms with Crippen LogP contribution in [0.4, 0.5) is 5.69 Å². The van der Waals surface area contributed by atoms with Crippen LogP contribution in [0.25, 0.3) is 0 Å². The number of benzene rings is 1. The lowest BCUT2D eigenvalue weighted by atomic mass is 10.2. The average molecular weight is 261 g/mol. The van der Waals surface area contributed by atoms with Crippen LogP contribution >= 0.6 is 23.2 Å². The second-order valence-electron chi connectivity index (χ2n) is 3.48. The average Bonchev–Trinajstić information content (AvgIpc) is 2.23. The Kier molecular flexibility index (Phi) is 5.06. The predicted octanol–water partition coefficient (Wildman–Crippen LogP) is 2.85. The number of hydrogen-bond donors (Lipinski definition) is 2. The van der Waals surface area contributed by atoms with E-state index in [-0.39, 0.29) is 5.91 Å². The van der Waals surface area contributed by atoms with E-state index in [4.69, 9.17) is 23.2 Å². The van der Waals surface area contributed by atoms with Gasteiger partial charge in [0.05, 0.1) is 10.7 Å². The highest BCUT2D eigenvalue weighted by molar-refractivity contribution is 6.36. The molecule has 2 N–H and O–H groups in total. The largest absolute Gasteiger partial charge is 0.325 e. The summed E-state index contributed by atoms with van der Waals surface area (Å²) in [6.45, 7) is 2.49. The van der Waals surface area contributed by atoms with Crippen LogP contribution in [0.5, 0.6) is 0 Å². The number of carbonyl (C=O) groups is 1. The fraction of sp³-hybridized carbons (Fsp3) is 0.364. The molecule has 0 bridgehead atoms. The Morgan fingerprint density at radius 2 is 2.00 bits per heavy atom. The van der Waals surface area contributed by atoms with Gasteiger partial charge in [-0.1, -0.05) is 23.2 Å². The molecule has 0 aliphatic rings. The summed E-state index contributed by atoms with van der Waals surface area (Å²) in [4.78, 5) is 11.5. The van der Waals surface area contributed by atoms with Gasteiger partial charge < -0.3 is 10.6 Å². The molecule has 0 saturated heterocycles. The molecule has 0 heterocycles. The number of rotatable bonds is 4. The Labute approximate surface area is 105 Å². The van der Waals surface area contributed by atoms with Gasteiger partial charge in [-0.3, -0.25) is 4.79 Å². The molecular weight excluding hydrogens is 247 g/mol. The molecule has 0 saturated carbocycles. The first-order valence-corrected chi connectivity index (χ1v) is 5.70. The van der Waals surface area contributed by atoms with Crippen molar-refractivity contribution < 1.29 is 4.79 Å². The highest BCUT2D eigenvalue weighted by Gasteiger charge is 2.07. The monoisotopic (exact) mass is 260 g/mol. The minimum absolute atomic E-state index is 0.0869. The van der Waals surface area contributed by atoms with Crippen molar-refractivity contribution in [3.05, 3.63) is 27.7 Å². The van der Waals surface area contributed by atoms with Crippen molar-refractivity contribution in [1.29, 1.82) is 0 Å². The van der Waals surface area contributed by atoms with Crippen LogP contribution in [-0.4, -0.2) is 19.5 Å². The van der Waals surface area contributed by atoms with Crippen molar-refractivity contribution in [2.45, 2.75) is 13.3 Å². The Bertz CT molecular complexity index is 394. The van der Waals surface area contributed by atoms with E-state index in [0.29, 0.717) is 28.7 Å². The van der Waals surface area contributed by atoms with Crippen LogP contribution in [0.1, 0.15) is 12.0 Å². The summed E-state index contributed by atoms with van der Waals surface area (Å²) in [6.07, 6.45) is 0.401. The van der Waals surface area contributed by atoms with Gasteiger partial charge in [-0.25, -0.2) is 0 Å². The van der Waals surface area contributed by atoms with Gasteiger partial charge >= 0.3 is 0 Å². The van der Waals surface area contributed by atoms with Gasteiger partial charge in [0, 0.05) is 18.0 Å². The van der Waals surface area contributed by atoms with E-state index in [2.05, 4.69) is 10.6 Å². The van der Waals surface area contributed by atoms with Gasteiger partial charge in [0.15, 0.2) is 0 Å². The van der Waals surface area contributed by atoms with Gasteiger partial charge in [-0.05, 0) is 31.7 Å². The summed E-state index contributed by atoms with van der Waals surface area (Å²) >= 11 is 11.9. The standard InChI is InChI=1S/C11H14Cl2N2O/c1-7-5-9(13)10(6-8(7)12)15-11(16)3-4-14-2/h5-6,14H,3-4H2,1-2H3,(H,15,16). The summed E-state index contributed by atoms with van der Waals surface area (Å²) in [5.41, 5.74) is 1.44. The summed E-state index contributed by atoms with van der Waals surface area (Å²) in [5, 5.41) is 6.71. The summed E-state index contributed by atoms with van der Waals surface area (Å²) in [6, 6.07) is 3.40. The minimum Gasteiger partial charge on any atom is -0.325 e. The molecule has 1 aromatic rings. The summed E-state index contributed by atoms with van der Waals surface area (Å²) < 4.78 is 0. The highest BCUT2D eigenvalue weighted by atomic mass is 35.5. The third kappa shape index (κ3) is 3.67. The first-order chi connectivity index (χ1) is 7.54. The van der Waals surface area contributed by atoms with Crippen LogP contribution in [0.3, 0.4) is 0 Å². The van der Waals surface area contributed by atoms with Gasteiger partial charge in [0.25, 0.3) is 0 Å². The zero-order chi connectivity index (χ0) is 12.1. The number of halogens is 2. The molecule has 0 aromatic heterocycles. The fourth-order valence-electron chi connectivity index (χ4n) is 1.19. The van der Waals surface area contributed by atoms with Gasteiger partial charge in [-0.15, -0.1) is 0 Å². The van der Waals surface area contributed by atoms with E-state index >= 15 is 0 Å². The molecule has 88 valence electrons. The molecule has 3 nitrogen and oxygen atoms in total. The number of carbonyl (C=O) groups excluding carboxylic acids is 1. The first kappa shape index (κ1) is 13.3. The third-order valence-electron chi connectivity index (χ3n) is 2.12. The molecule has 1 aromatic carbocycles. The number of hydrogen-bond acceptors (Lipinski definition) is 2. The van der Waals surface area contributed by atoms with Crippen LogP contribution in [-0.2, 0) is 4.79 Å². The molecule has 0 aliphatic heterocycles. The molecular formula is C11H14Cl2N2O. The smallest absolute Gasteiger partial charge is 0.225 e. The van der Waals surface area contributed by atoms with Crippen LogP contribution in [0.15, 0.2) is 12.1 Å². The molecule has 0 atom stereocenters. The summed E-state index contributed by atoms with van der Waals surface area (Å²) in [5.74, 6) is -0.0869. The Morgan fingerprint density at radius 3 is 2.62 bits per heavy atom. The van der Waals surface area contributed by atoms with Crippen molar-refractivity contribution in [1.82, 2.24) is 5.32 Å². The summed E-state index contributed by atoms with van der Waals surface area (Å²) in [7, 11) is 1.79. The SMILES string of the molecule is CNCCC(=O)Nc1cc(Cl)c(C)cc1Cl. The Balaban J connectivity index is 2.73. The zero-order valence-electron chi connectivity index (χ0n) is 9.23. The van der Waals surface area contributed by atoms with Crippen LogP contribution in [0.2, 0.25) is 10.0 Å². The lowest BCUT2D eigenvalue weighted by Crippen LogP contribution is -2.18. The first-order valence-electron chi connectivity index (χ1n) is 4.94. The van der Waals surface area contributed by atoms with E-state index in [9.17, 15) is 4.79 Å². The normalized spacial score (nSPS) is 10.2. The molecule has 0 radical (unpaired) electrons. The lowest BCUT2D eigenvalue weighted by Gasteiger charge is -2.09. The number of aryl methyl sites for hydroxylation is 1. The third-order valence-corrected chi connectivity index (χ3v) is 2.84. The Morgan fingerprint density at radius 1 is 1.31 bits per heavy atom. The van der Waals surface area contributed by atoms with Crippen LogP contribution < -0.4 is 10.6 Å². The zero-order valence-corrected chi connectivity index (χ0v) is 10.7. The number of anilines is 1. The molecule has 5 heteroatoms. The van der Waals surface area contributed by atoms with Crippen molar-refractivity contribution in [2.75, 3.05) is 18.9 Å². The molecule has 16 heavy (non-hydrogen) atoms. The van der Waals surface area contributed by atoms with E-state index in [0.717, 1.165) is 5.56 Å².